The second-order valence-electron chi connectivity index (χ2n) is 5.75. The lowest BCUT2D eigenvalue weighted by Crippen LogP contribution is -2.53. The van der Waals surface area contributed by atoms with Gasteiger partial charge in [0.2, 0.25) is 0 Å². The summed E-state index contributed by atoms with van der Waals surface area (Å²) in [5.41, 5.74) is 6.07. The average Bonchev–Trinajstić information content (AvgIpc) is 2.29. The highest BCUT2D eigenvalue weighted by Crippen LogP contribution is 2.23. The molecule has 0 radical (unpaired) electrons. The molecule has 2 N–H and O–H groups in total. The minimum atomic E-state index is 0.460. The van der Waals surface area contributed by atoms with Crippen LogP contribution in [0, 0.1) is 0 Å². The van der Waals surface area contributed by atoms with E-state index in [0.717, 1.165) is 6.04 Å². The van der Waals surface area contributed by atoms with Crippen LogP contribution in [0.5, 0.6) is 0 Å². The van der Waals surface area contributed by atoms with Crippen LogP contribution in [0.15, 0.2) is 0 Å². The van der Waals surface area contributed by atoms with E-state index in [4.69, 9.17) is 5.73 Å². The highest BCUT2D eigenvalue weighted by Gasteiger charge is 2.28. The molecule has 3 heteroatoms. The van der Waals surface area contributed by atoms with E-state index in [-0.39, 0.29) is 0 Å². The predicted molar refractivity (Wildman–Crippen MR) is 68.5 cm³/mol. The van der Waals surface area contributed by atoms with Crippen molar-refractivity contribution in [1.82, 2.24) is 9.80 Å². The molecule has 0 bridgehead atoms. The van der Waals surface area contributed by atoms with Crippen molar-refractivity contribution in [1.29, 1.82) is 0 Å². The van der Waals surface area contributed by atoms with Gasteiger partial charge in [-0.05, 0) is 33.1 Å². The first-order valence-corrected chi connectivity index (χ1v) is 6.90. The lowest BCUT2D eigenvalue weighted by atomic mass is 9.90. The first-order valence-electron chi connectivity index (χ1n) is 6.90. The highest BCUT2D eigenvalue weighted by molar-refractivity contribution is 4.85. The SMILES string of the molecule is CC(C)N1CCN([C@H]2CCC[C@H](N)C2)CC1. The first kappa shape index (κ1) is 12.3. The summed E-state index contributed by atoms with van der Waals surface area (Å²) in [7, 11) is 0. The number of hydrogen-bond donors (Lipinski definition) is 1. The van der Waals surface area contributed by atoms with E-state index in [0.29, 0.717) is 12.1 Å². The van der Waals surface area contributed by atoms with E-state index in [1.54, 1.807) is 0 Å². The molecule has 0 spiro atoms. The number of nitrogens with two attached hydrogens (primary N) is 1. The molecular weight excluding hydrogens is 198 g/mol. The van der Waals surface area contributed by atoms with Gasteiger partial charge in [-0.25, -0.2) is 0 Å². The third kappa shape index (κ3) is 2.96. The van der Waals surface area contributed by atoms with Crippen molar-refractivity contribution in [2.24, 2.45) is 5.73 Å². The Hall–Kier alpha value is -0.120. The Morgan fingerprint density at radius 1 is 1.06 bits per heavy atom. The van der Waals surface area contributed by atoms with Gasteiger partial charge in [-0.3, -0.25) is 9.80 Å². The molecule has 2 atom stereocenters. The molecule has 0 aromatic carbocycles. The third-order valence-electron chi connectivity index (χ3n) is 4.28. The van der Waals surface area contributed by atoms with Crippen LogP contribution in [0.3, 0.4) is 0 Å². The Labute approximate surface area is 100.0 Å². The van der Waals surface area contributed by atoms with E-state index in [1.807, 2.05) is 0 Å². The summed E-state index contributed by atoms with van der Waals surface area (Å²) in [5.74, 6) is 0. The van der Waals surface area contributed by atoms with Gasteiger partial charge in [0.1, 0.15) is 0 Å². The number of rotatable bonds is 2. The molecule has 16 heavy (non-hydrogen) atoms. The van der Waals surface area contributed by atoms with E-state index in [9.17, 15) is 0 Å². The minimum Gasteiger partial charge on any atom is -0.328 e. The molecule has 3 nitrogen and oxygen atoms in total. The molecule has 1 aliphatic heterocycles. The Morgan fingerprint density at radius 3 is 2.31 bits per heavy atom. The molecule has 0 amide bonds. The highest BCUT2D eigenvalue weighted by atomic mass is 15.3. The fourth-order valence-corrected chi connectivity index (χ4v) is 3.15. The molecule has 1 heterocycles. The van der Waals surface area contributed by atoms with Gasteiger partial charge in [-0.1, -0.05) is 6.42 Å². The maximum atomic E-state index is 6.07. The zero-order chi connectivity index (χ0) is 11.5. The standard InChI is InChI=1S/C13H27N3/c1-11(2)15-6-8-16(9-7-15)13-5-3-4-12(14)10-13/h11-13H,3-10,14H2,1-2H3/t12-,13-/m0/s1. The Balaban J connectivity index is 1.79. The molecule has 2 rings (SSSR count). The van der Waals surface area contributed by atoms with Gasteiger partial charge in [0.05, 0.1) is 0 Å². The van der Waals surface area contributed by atoms with Gasteiger partial charge in [-0.15, -0.1) is 0 Å². The number of nitrogens with zero attached hydrogens (tertiary/aromatic N) is 2. The van der Waals surface area contributed by atoms with Gasteiger partial charge >= 0.3 is 0 Å². The topological polar surface area (TPSA) is 32.5 Å². The van der Waals surface area contributed by atoms with Crippen molar-refractivity contribution in [3.8, 4) is 0 Å². The smallest absolute Gasteiger partial charge is 0.0113 e. The van der Waals surface area contributed by atoms with Crippen LogP contribution in [-0.4, -0.2) is 54.1 Å². The van der Waals surface area contributed by atoms with Crippen LogP contribution in [0.1, 0.15) is 39.5 Å². The van der Waals surface area contributed by atoms with Crippen LogP contribution >= 0.6 is 0 Å². The first-order chi connectivity index (χ1) is 7.66. The quantitative estimate of drug-likeness (QED) is 0.768. The molecule has 1 saturated heterocycles. The predicted octanol–water partition coefficient (Wildman–Crippen LogP) is 1.28. The van der Waals surface area contributed by atoms with Gasteiger partial charge < -0.3 is 5.73 Å². The summed E-state index contributed by atoms with van der Waals surface area (Å²) in [6.07, 6.45) is 5.16. The average molecular weight is 225 g/mol. The summed E-state index contributed by atoms with van der Waals surface area (Å²) >= 11 is 0. The van der Waals surface area contributed by atoms with Crippen molar-refractivity contribution >= 4 is 0 Å². The van der Waals surface area contributed by atoms with Gasteiger partial charge in [0.25, 0.3) is 0 Å². The zero-order valence-electron chi connectivity index (χ0n) is 10.9. The van der Waals surface area contributed by atoms with Crippen LogP contribution in [-0.2, 0) is 0 Å². The van der Waals surface area contributed by atoms with E-state index < -0.39 is 0 Å². The zero-order valence-corrected chi connectivity index (χ0v) is 10.9. The summed E-state index contributed by atoms with van der Waals surface area (Å²) < 4.78 is 0. The normalized spacial score (nSPS) is 34.5. The molecule has 94 valence electrons. The monoisotopic (exact) mass is 225 g/mol. The second kappa shape index (κ2) is 5.48. The van der Waals surface area contributed by atoms with Crippen LogP contribution in [0.25, 0.3) is 0 Å². The second-order valence-corrected chi connectivity index (χ2v) is 5.75. The van der Waals surface area contributed by atoms with E-state index >= 15 is 0 Å². The van der Waals surface area contributed by atoms with Gasteiger partial charge in [0.15, 0.2) is 0 Å². The third-order valence-corrected chi connectivity index (χ3v) is 4.28. The molecular formula is C13H27N3. The lowest BCUT2D eigenvalue weighted by molar-refractivity contribution is 0.0613. The van der Waals surface area contributed by atoms with Crippen molar-refractivity contribution in [3.05, 3.63) is 0 Å². The molecule has 0 aromatic heterocycles. The molecule has 2 fully saturated rings. The number of piperazine rings is 1. The summed E-state index contributed by atoms with van der Waals surface area (Å²) in [6, 6.07) is 1.94. The van der Waals surface area contributed by atoms with Crippen molar-refractivity contribution in [2.45, 2.75) is 57.7 Å². The Morgan fingerprint density at radius 2 is 1.75 bits per heavy atom. The van der Waals surface area contributed by atoms with E-state index in [2.05, 4.69) is 23.6 Å². The summed E-state index contributed by atoms with van der Waals surface area (Å²) in [4.78, 5) is 5.26. The summed E-state index contributed by atoms with van der Waals surface area (Å²) in [6.45, 7) is 9.57. The Kier molecular flexibility index (Phi) is 4.22. The molecule has 0 unspecified atom stereocenters. The number of hydrogen-bond acceptors (Lipinski definition) is 3. The molecule has 2 aliphatic rings. The van der Waals surface area contributed by atoms with Gasteiger partial charge in [-0.2, -0.15) is 0 Å². The van der Waals surface area contributed by atoms with Gasteiger partial charge in [0, 0.05) is 44.3 Å². The van der Waals surface area contributed by atoms with E-state index in [1.165, 1.54) is 51.9 Å². The Bertz CT molecular complexity index is 209. The molecule has 0 aromatic rings. The largest absolute Gasteiger partial charge is 0.328 e. The fraction of sp³-hybridized carbons (Fsp3) is 1.00. The van der Waals surface area contributed by atoms with Crippen LogP contribution in [0.4, 0.5) is 0 Å². The lowest BCUT2D eigenvalue weighted by Gasteiger charge is -2.43. The van der Waals surface area contributed by atoms with Crippen LogP contribution in [0.2, 0.25) is 0 Å². The minimum absolute atomic E-state index is 0.460. The fourth-order valence-electron chi connectivity index (χ4n) is 3.15. The van der Waals surface area contributed by atoms with Crippen molar-refractivity contribution in [2.75, 3.05) is 26.2 Å². The van der Waals surface area contributed by atoms with Crippen molar-refractivity contribution < 1.29 is 0 Å². The maximum Gasteiger partial charge on any atom is 0.0113 e. The van der Waals surface area contributed by atoms with Crippen LogP contribution < -0.4 is 5.73 Å². The van der Waals surface area contributed by atoms with Crippen molar-refractivity contribution in [3.63, 3.8) is 0 Å². The molecule has 1 aliphatic carbocycles. The molecule has 1 saturated carbocycles. The summed E-state index contributed by atoms with van der Waals surface area (Å²) in [5, 5.41) is 0. The maximum absolute atomic E-state index is 6.07.